The Bertz CT molecular complexity index is 994. The number of carbonyl (C=O) groups excluding carboxylic acids is 1. The van der Waals surface area contributed by atoms with Crippen LogP contribution in [0.5, 0.6) is 0 Å². The van der Waals surface area contributed by atoms with Crippen LogP contribution in [0.1, 0.15) is 15.9 Å². The Morgan fingerprint density at radius 3 is 2.60 bits per heavy atom. The number of aryl methyl sites for hydroxylation is 1. The van der Waals surface area contributed by atoms with E-state index in [1.54, 1.807) is 0 Å². The van der Waals surface area contributed by atoms with Crippen LogP contribution in [-0.2, 0) is 6.54 Å². The van der Waals surface area contributed by atoms with Crippen LogP contribution in [0.2, 0.25) is 0 Å². The molecule has 25 heavy (non-hydrogen) atoms. The van der Waals surface area contributed by atoms with Crippen LogP contribution in [0.25, 0.3) is 10.2 Å². The predicted octanol–water partition coefficient (Wildman–Crippen LogP) is 4.00. The maximum absolute atomic E-state index is 12.6. The minimum atomic E-state index is -0.229. The molecule has 0 unspecified atom stereocenters. The summed E-state index contributed by atoms with van der Waals surface area (Å²) in [6.07, 6.45) is 1.83. The van der Waals surface area contributed by atoms with E-state index in [2.05, 4.69) is 35.2 Å². The van der Waals surface area contributed by atoms with Crippen LogP contribution in [0.15, 0.2) is 60.1 Å². The third kappa shape index (κ3) is 3.42. The third-order valence-corrected chi connectivity index (χ3v) is 5.09. The van der Waals surface area contributed by atoms with Gasteiger partial charge >= 0.3 is 0 Å². The number of allylic oxidation sites excluding steroid dienone is 1. The molecule has 0 radical (unpaired) electrons. The lowest BCUT2D eigenvalue weighted by Crippen LogP contribution is -2.16. The summed E-state index contributed by atoms with van der Waals surface area (Å²) >= 11 is 1.53. The first kappa shape index (κ1) is 17.2. The number of aromatic nitrogens is 1. The van der Waals surface area contributed by atoms with E-state index in [1.165, 1.54) is 16.9 Å². The van der Waals surface area contributed by atoms with Gasteiger partial charge in [0, 0.05) is 31.9 Å². The highest BCUT2D eigenvalue weighted by Crippen LogP contribution is 2.21. The fraction of sp³-hybridized carbons (Fsp3) is 0.200. The van der Waals surface area contributed by atoms with Crippen LogP contribution < -0.4 is 9.70 Å². The molecule has 3 rings (SSSR count). The second-order valence-corrected chi connectivity index (χ2v) is 7.07. The summed E-state index contributed by atoms with van der Waals surface area (Å²) in [7, 11) is 3.94. The standard InChI is InChI=1S/C20H21N3OS/c1-5-13-23-18-14(2)7-6-8-17(18)25-20(23)21-19(24)15-9-11-16(12-10-15)22(3)4/h5-12H,1,13H2,2-4H3. The van der Waals surface area contributed by atoms with Crippen molar-refractivity contribution < 1.29 is 4.79 Å². The van der Waals surface area contributed by atoms with Gasteiger partial charge in [-0.25, -0.2) is 0 Å². The Labute approximate surface area is 151 Å². The van der Waals surface area contributed by atoms with E-state index >= 15 is 0 Å². The number of anilines is 1. The van der Waals surface area contributed by atoms with Gasteiger partial charge in [-0.1, -0.05) is 29.5 Å². The SMILES string of the molecule is C=CCn1c(=NC(=O)c2ccc(N(C)C)cc2)sc2cccc(C)c21. The molecule has 3 aromatic rings. The van der Waals surface area contributed by atoms with Crippen molar-refractivity contribution in [3.05, 3.63) is 71.0 Å². The molecule has 2 aromatic carbocycles. The molecule has 5 heteroatoms. The molecular weight excluding hydrogens is 330 g/mol. The second-order valence-electron chi connectivity index (χ2n) is 6.06. The topological polar surface area (TPSA) is 37.6 Å². The molecule has 0 aliphatic rings. The van der Waals surface area contributed by atoms with E-state index in [4.69, 9.17) is 0 Å². The normalized spacial score (nSPS) is 11.7. The van der Waals surface area contributed by atoms with Crippen molar-refractivity contribution in [2.45, 2.75) is 13.5 Å². The zero-order chi connectivity index (χ0) is 18.0. The molecule has 1 amide bonds. The van der Waals surface area contributed by atoms with E-state index in [0.29, 0.717) is 16.9 Å². The number of fused-ring (bicyclic) bond motifs is 1. The van der Waals surface area contributed by atoms with E-state index in [-0.39, 0.29) is 5.91 Å². The van der Waals surface area contributed by atoms with E-state index < -0.39 is 0 Å². The van der Waals surface area contributed by atoms with Crippen LogP contribution in [0.4, 0.5) is 5.69 Å². The molecule has 0 aliphatic carbocycles. The molecule has 0 fully saturated rings. The molecule has 0 aliphatic heterocycles. The van der Waals surface area contributed by atoms with Gasteiger partial charge in [-0.05, 0) is 42.8 Å². The molecule has 0 bridgehead atoms. The van der Waals surface area contributed by atoms with Gasteiger partial charge in [0.2, 0.25) is 0 Å². The van der Waals surface area contributed by atoms with Gasteiger partial charge in [-0.3, -0.25) is 4.79 Å². The van der Waals surface area contributed by atoms with Crippen molar-refractivity contribution in [1.82, 2.24) is 4.57 Å². The number of carbonyl (C=O) groups is 1. The van der Waals surface area contributed by atoms with E-state index in [1.807, 2.05) is 55.4 Å². The highest BCUT2D eigenvalue weighted by atomic mass is 32.1. The fourth-order valence-corrected chi connectivity index (χ4v) is 3.86. The molecule has 0 saturated carbocycles. The maximum Gasteiger partial charge on any atom is 0.279 e. The lowest BCUT2D eigenvalue weighted by molar-refractivity contribution is 0.0998. The average molecular weight is 351 g/mol. The highest BCUT2D eigenvalue weighted by molar-refractivity contribution is 7.16. The Morgan fingerprint density at radius 1 is 1.24 bits per heavy atom. The van der Waals surface area contributed by atoms with Crippen LogP contribution in [0, 0.1) is 6.92 Å². The highest BCUT2D eigenvalue weighted by Gasteiger charge is 2.10. The fourth-order valence-electron chi connectivity index (χ4n) is 2.74. The zero-order valence-corrected chi connectivity index (χ0v) is 15.5. The van der Waals surface area contributed by atoms with Crippen molar-refractivity contribution >= 4 is 33.1 Å². The predicted molar refractivity (Wildman–Crippen MR) is 105 cm³/mol. The minimum Gasteiger partial charge on any atom is -0.378 e. The third-order valence-electron chi connectivity index (χ3n) is 4.04. The summed E-state index contributed by atoms with van der Waals surface area (Å²) in [5.74, 6) is -0.229. The lowest BCUT2D eigenvalue weighted by atomic mass is 10.2. The molecule has 0 spiro atoms. The van der Waals surface area contributed by atoms with Crippen molar-refractivity contribution in [3.63, 3.8) is 0 Å². The molecular formula is C20H21N3OS. The van der Waals surface area contributed by atoms with Crippen LogP contribution >= 0.6 is 11.3 Å². The van der Waals surface area contributed by atoms with Crippen molar-refractivity contribution in [3.8, 4) is 0 Å². The summed E-state index contributed by atoms with van der Waals surface area (Å²) in [4.78, 5) is 19.7. The van der Waals surface area contributed by atoms with Crippen molar-refractivity contribution in [1.29, 1.82) is 0 Å². The molecule has 0 atom stereocenters. The number of rotatable bonds is 4. The number of para-hydroxylation sites is 1. The first-order chi connectivity index (χ1) is 12.0. The molecule has 1 heterocycles. The Kier molecular flexibility index (Phi) is 4.86. The first-order valence-electron chi connectivity index (χ1n) is 8.07. The van der Waals surface area contributed by atoms with Gasteiger partial charge in [0.05, 0.1) is 10.2 Å². The van der Waals surface area contributed by atoms with E-state index in [0.717, 1.165) is 15.9 Å². The molecule has 4 nitrogen and oxygen atoms in total. The van der Waals surface area contributed by atoms with Crippen molar-refractivity contribution in [2.75, 3.05) is 19.0 Å². The lowest BCUT2D eigenvalue weighted by Gasteiger charge is -2.11. The molecule has 128 valence electrons. The minimum absolute atomic E-state index is 0.229. The summed E-state index contributed by atoms with van der Waals surface area (Å²) in [5.41, 5.74) is 3.92. The van der Waals surface area contributed by atoms with Crippen LogP contribution in [0.3, 0.4) is 0 Å². The number of hydrogen-bond acceptors (Lipinski definition) is 3. The average Bonchev–Trinajstić information content (AvgIpc) is 2.94. The molecule has 0 N–H and O–H groups in total. The Balaban J connectivity index is 2.08. The smallest absolute Gasteiger partial charge is 0.279 e. The number of nitrogens with zero attached hydrogens (tertiary/aromatic N) is 3. The zero-order valence-electron chi connectivity index (χ0n) is 14.7. The molecule has 1 aromatic heterocycles. The van der Waals surface area contributed by atoms with Gasteiger partial charge in [0.1, 0.15) is 0 Å². The largest absolute Gasteiger partial charge is 0.378 e. The van der Waals surface area contributed by atoms with Gasteiger partial charge in [0.15, 0.2) is 4.80 Å². The Morgan fingerprint density at radius 2 is 1.96 bits per heavy atom. The number of benzene rings is 2. The maximum atomic E-state index is 12.6. The molecule has 0 saturated heterocycles. The summed E-state index contributed by atoms with van der Waals surface area (Å²) in [6.45, 7) is 6.52. The quantitative estimate of drug-likeness (QED) is 0.666. The number of hydrogen-bond donors (Lipinski definition) is 0. The summed E-state index contributed by atoms with van der Waals surface area (Å²) in [5, 5.41) is 0. The van der Waals surface area contributed by atoms with Gasteiger partial charge in [0.25, 0.3) is 5.91 Å². The monoisotopic (exact) mass is 351 g/mol. The summed E-state index contributed by atoms with van der Waals surface area (Å²) < 4.78 is 3.17. The van der Waals surface area contributed by atoms with Crippen LogP contribution in [-0.4, -0.2) is 24.6 Å². The van der Waals surface area contributed by atoms with E-state index in [9.17, 15) is 4.79 Å². The number of amides is 1. The number of thiazole rings is 1. The van der Waals surface area contributed by atoms with Gasteiger partial charge in [-0.15, -0.1) is 6.58 Å². The summed E-state index contributed by atoms with van der Waals surface area (Å²) in [6, 6.07) is 13.6. The van der Waals surface area contributed by atoms with Gasteiger partial charge < -0.3 is 9.47 Å². The van der Waals surface area contributed by atoms with Gasteiger partial charge in [-0.2, -0.15) is 4.99 Å². The van der Waals surface area contributed by atoms with Crippen molar-refractivity contribution in [2.24, 2.45) is 4.99 Å². The first-order valence-corrected chi connectivity index (χ1v) is 8.89. The Hall–Kier alpha value is -2.66. The second kappa shape index (κ2) is 7.07.